The van der Waals surface area contributed by atoms with Crippen molar-refractivity contribution in [2.75, 3.05) is 19.7 Å². The Hall–Kier alpha value is -0.820. The molecule has 0 aromatic rings. The van der Waals surface area contributed by atoms with Crippen LogP contribution < -0.4 is 5.32 Å². The average molecular weight is 280 g/mol. The summed E-state index contributed by atoms with van der Waals surface area (Å²) in [6.45, 7) is 1.64. The zero-order valence-corrected chi connectivity index (χ0v) is 10.9. The molecule has 0 unspecified atom stereocenters. The smallest absolute Gasteiger partial charge is 0.377 e. The van der Waals surface area contributed by atoms with Crippen molar-refractivity contribution in [1.29, 1.82) is 0 Å². The summed E-state index contributed by atoms with van der Waals surface area (Å²) in [5.74, 6) is -0.456. The van der Waals surface area contributed by atoms with Crippen molar-refractivity contribution in [3.63, 3.8) is 0 Å². The minimum absolute atomic E-state index is 0.0118. The predicted molar refractivity (Wildman–Crippen MR) is 62.6 cm³/mol. The fourth-order valence-electron chi connectivity index (χ4n) is 2.69. The maximum absolute atomic E-state index is 12.3. The third kappa shape index (κ3) is 3.82. The molecular formula is C12H19F3N2O2. The van der Waals surface area contributed by atoms with E-state index in [-0.39, 0.29) is 18.7 Å². The van der Waals surface area contributed by atoms with E-state index in [1.165, 1.54) is 0 Å². The van der Waals surface area contributed by atoms with E-state index in [2.05, 4.69) is 5.32 Å². The van der Waals surface area contributed by atoms with Gasteiger partial charge in [0.2, 0.25) is 5.91 Å². The molecule has 4 nitrogen and oxygen atoms in total. The maximum Gasteiger partial charge on any atom is 0.406 e. The summed E-state index contributed by atoms with van der Waals surface area (Å²) in [7, 11) is 0. The Balaban J connectivity index is 1.84. The number of nitrogens with zero attached hydrogens (tertiary/aromatic N) is 1. The lowest BCUT2D eigenvalue weighted by Crippen LogP contribution is -2.48. The molecule has 2 aliphatic rings. The fourth-order valence-corrected chi connectivity index (χ4v) is 2.69. The van der Waals surface area contributed by atoms with Crippen LogP contribution >= 0.6 is 0 Å². The van der Waals surface area contributed by atoms with Crippen molar-refractivity contribution in [1.82, 2.24) is 10.2 Å². The first kappa shape index (κ1) is 14.6. The van der Waals surface area contributed by atoms with Crippen LogP contribution in [0.4, 0.5) is 13.2 Å². The van der Waals surface area contributed by atoms with Crippen LogP contribution in [0.1, 0.15) is 26.2 Å². The first-order chi connectivity index (χ1) is 8.87. The highest BCUT2D eigenvalue weighted by atomic mass is 19.4. The summed E-state index contributed by atoms with van der Waals surface area (Å²) in [4.78, 5) is 12.7. The van der Waals surface area contributed by atoms with Crippen LogP contribution in [0.5, 0.6) is 0 Å². The van der Waals surface area contributed by atoms with Crippen LogP contribution in [0, 0.1) is 0 Å². The number of hydrogen-bond donors (Lipinski definition) is 1. The predicted octanol–water partition coefficient (Wildman–Crippen LogP) is 1.31. The van der Waals surface area contributed by atoms with Crippen molar-refractivity contribution in [3.05, 3.63) is 0 Å². The van der Waals surface area contributed by atoms with Gasteiger partial charge in [0.15, 0.2) is 0 Å². The van der Waals surface area contributed by atoms with Crippen LogP contribution in [0.2, 0.25) is 0 Å². The van der Waals surface area contributed by atoms with Gasteiger partial charge in [0.05, 0.1) is 12.1 Å². The van der Waals surface area contributed by atoms with Gasteiger partial charge >= 0.3 is 6.18 Å². The largest absolute Gasteiger partial charge is 0.406 e. The zero-order chi connectivity index (χ0) is 14.0. The van der Waals surface area contributed by atoms with Crippen molar-refractivity contribution in [3.8, 4) is 0 Å². The van der Waals surface area contributed by atoms with E-state index in [9.17, 15) is 18.0 Å². The molecule has 7 heteroatoms. The number of rotatable bonds is 4. The maximum atomic E-state index is 12.3. The molecule has 2 saturated heterocycles. The highest BCUT2D eigenvalue weighted by Crippen LogP contribution is 2.22. The lowest BCUT2D eigenvalue weighted by Gasteiger charge is -2.24. The van der Waals surface area contributed by atoms with Gasteiger partial charge in [0, 0.05) is 19.2 Å². The van der Waals surface area contributed by atoms with Gasteiger partial charge in [0.25, 0.3) is 0 Å². The molecule has 2 rings (SSSR count). The number of alkyl halides is 3. The molecule has 0 saturated carbocycles. The van der Waals surface area contributed by atoms with E-state index in [0.29, 0.717) is 6.42 Å². The van der Waals surface area contributed by atoms with E-state index in [4.69, 9.17) is 4.74 Å². The molecule has 2 fully saturated rings. The van der Waals surface area contributed by atoms with Crippen molar-refractivity contribution < 1.29 is 22.7 Å². The lowest BCUT2D eigenvalue weighted by atomic mass is 10.1. The van der Waals surface area contributed by atoms with Gasteiger partial charge in [0.1, 0.15) is 6.54 Å². The summed E-state index contributed by atoms with van der Waals surface area (Å²) < 4.78 is 42.3. The van der Waals surface area contributed by atoms with Gasteiger partial charge < -0.3 is 15.0 Å². The van der Waals surface area contributed by atoms with Crippen LogP contribution in [-0.2, 0) is 9.53 Å². The number of nitrogens with one attached hydrogen (secondary N) is 1. The van der Waals surface area contributed by atoms with Crippen LogP contribution in [0.3, 0.4) is 0 Å². The quantitative estimate of drug-likeness (QED) is 0.844. The molecular weight excluding hydrogens is 261 g/mol. The topological polar surface area (TPSA) is 41.6 Å². The van der Waals surface area contributed by atoms with Gasteiger partial charge in [-0.3, -0.25) is 4.79 Å². The molecule has 3 atom stereocenters. The molecule has 0 spiro atoms. The Morgan fingerprint density at radius 1 is 1.47 bits per heavy atom. The fraction of sp³-hybridized carbons (Fsp3) is 0.917. The van der Waals surface area contributed by atoms with E-state index in [0.717, 1.165) is 24.3 Å². The molecule has 0 aliphatic carbocycles. The summed E-state index contributed by atoms with van der Waals surface area (Å²) in [6, 6.07) is -0.524. The number of carbonyl (C=O) groups is 1. The van der Waals surface area contributed by atoms with Gasteiger partial charge in [-0.25, -0.2) is 0 Å². The molecule has 1 amide bonds. The molecule has 0 bridgehead atoms. The third-order valence-corrected chi connectivity index (χ3v) is 3.65. The van der Waals surface area contributed by atoms with Gasteiger partial charge in [-0.15, -0.1) is 0 Å². The minimum Gasteiger partial charge on any atom is -0.377 e. The highest BCUT2D eigenvalue weighted by Gasteiger charge is 2.40. The average Bonchev–Trinajstić information content (AvgIpc) is 2.92. The van der Waals surface area contributed by atoms with E-state index in [1.807, 2.05) is 6.92 Å². The monoisotopic (exact) mass is 280 g/mol. The summed E-state index contributed by atoms with van der Waals surface area (Å²) in [5.41, 5.74) is 0. The van der Waals surface area contributed by atoms with E-state index >= 15 is 0 Å². The first-order valence-corrected chi connectivity index (χ1v) is 6.60. The number of ether oxygens (including phenoxy) is 1. The Kier molecular flexibility index (Phi) is 4.35. The lowest BCUT2D eigenvalue weighted by molar-refractivity contribution is -0.158. The molecule has 0 radical (unpaired) electrons. The third-order valence-electron chi connectivity index (χ3n) is 3.65. The number of likely N-dealkylation sites (tertiary alicyclic amines) is 1. The first-order valence-electron chi connectivity index (χ1n) is 6.60. The van der Waals surface area contributed by atoms with E-state index < -0.39 is 24.7 Å². The SMILES string of the molecule is C[C@H](N[C@H]1CCN(CC(F)(F)F)C1=O)[C@@H]1CCCO1. The van der Waals surface area contributed by atoms with Crippen molar-refractivity contribution >= 4 is 5.91 Å². The zero-order valence-electron chi connectivity index (χ0n) is 10.9. The summed E-state index contributed by atoms with van der Waals surface area (Å²) in [5, 5.41) is 3.10. The molecule has 110 valence electrons. The van der Waals surface area contributed by atoms with Gasteiger partial charge in [-0.2, -0.15) is 13.2 Å². The van der Waals surface area contributed by atoms with Crippen LogP contribution in [0.25, 0.3) is 0 Å². The van der Waals surface area contributed by atoms with Gasteiger partial charge in [-0.1, -0.05) is 0 Å². The van der Waals surface area contributed by atoms with Gasteiger partial charge in [-0.05, 0) is 26.2 Å². The molecule has 2 aliphatic heterocycles. The van der Waals surface area contributed by atoms with Crippen molar-refractivity contribution in [2.45, 2.75) is 50.6 Å². The normalized spacial score (nSPS) is 30.1. The Bertz CT molecular complexity index is 329. The highest BCUT2D eigenvalue weighted by molar-refractivity contribution is 5.84. The van der Waals surface area contributed by atoms with Crippen LogP contribution in [0.15, 0.2) is 0 Å². The Morgan fingerprint density at radius 3 is 2.79 bits per heavy atom. The Morgan fingerprint density at radius 2 is 2.21 bits per heavy atom. The number of hydrogen-bond acceptors (Lipinski definition) is 3. The van der Waals surface area contributed by atoms with Crippen LogP contribution in [-0.4, -0.2) is 54.9 Å². The minimum atomic E-state index is -4.33. The second-order valence-electron chi connectivity index (χ2n) is 5.22. The van der Waals surface area contributed by atoms with Crippen molar-refractivity contribution in [2.24, 2.45) is 0 Å². The molecule has 19 heavy (non-hydrogen) atoms. The number of carbonyl (C=O) groups excluding carboxylic acids is 1. The molecule has 1 N–H and O–H groups in total. The number of halogens is 3. The number of amides is 1. The molecule has 0 aromatic carbocycles. The standard InChI is InChI=1S/C12H19F3N2O2/c1-8(10-3-2-6-19-10)16-9-4-5-17(11(9)18)7-12(13,14)15/h8-10,16H,2-7H2,1H3/t8-,9-,10-/m0/s1. The summed E-state index contributed by atoms with van der Waals surface area (Å²) >= 11 is 0. The molecule has 2 heterocycles. The van der Waals surface area contributed by atoms with E-state index in [1.54, 1.807) is 0 Å². The molecule has 0 aromatic heterocycles. The second kappa shape index (κ2) is 5.66. The second-order valence-corrected chi connectivity index (χ2v) is 5.22. The summed E-state index contributed by atoms with van der Waals surface area (Å²) in [6.07, 6.45) is -1.92. The Labute approximate surface area is 110 Å².